The fourth-order valence-electron chi connectivity index (χ4n) is 3.88. The molecule has 3 aromatic rings. The molecule has 0 spiro atoms. The molecule has 0 saturated carbocycles. The summed E-state index contributed by atoms with van der Waals surface area (Å²) >= 11 is 0. The van der Waals surface area contributed by atoms with Crippen LogP contribution in [-0.2, 0) is 10.0 Å². The van der Waals surface area contributed by atoms with E-state index in [1.54, 1.807) is 30.3 Å². The zero-order chi connectivity index (χ0) is 23.7. The molecule has 2 heterocycles. The summed E-state index contributed by atoms with van der Waals surface area (Å²) in [6, 6.07) is 16.7. The minimum absolute atomic E-state index is 0.0165. The molecule has 0 aliphatic carbocycles. The highest BCUT2D eigenvalue weighted by atomic mass is 32.2. The summed E-state index contributed by atoms with van der Waals surface area (Å²) in [5.41, 5.74) is 0.954. The molecule has 2 aliphatic heterocycles. The van der Waals surface area contributed by atoms with Crippen molar-refractivity contribution < 1.29 is 31.8 Å². The fourth-order valence-corrected chi connectivity index (χ4v) is 5.35. The average Bonchev–Trinajstić information content (AvgIpc) is 3.33. The van der Waals surface area contributed by atoms with E-state index < -0.39 is 16.0 Å². The zero-order valence-corrected chi connectivity index (χ0v) is 18.8. The number of piperazine rings is 1. The maximum atomic E-state index is 13.2. The number of ether oxygens (including phenoxy) is 3. The third kappa shape index (κ3) is 4.42. The highest BCUT2D eigenvalue weighted by Gasteiger charge is 2.29. The molecule has 2 aliphatic rings. The number of hydrogen-bond acceptors (Lipinski definition) is 7. The van der Waals surface area contributed by atoms with Crippen molar-refractivity contribution in [3.05, 3.63) is 78.1 Å². The van der Waals surface area contributed by atoms with Crippen LogP contribution in [0, 0.1) is 5.82 Å². The van der Waals surface area contributed by atoms with Crippen LogP contribution in [0.3, 0.4) is 0 Å². The molecule has 0 unspecified atom stereocenters. The predicted octanol–water partition coefficient (Wildman–Crippen LogP) is 3.28. The third-order valence-corrected chi connectivity index (χ3v) is 7.59. The molecular formula is C24H21FN2O6S. The second-order valence-electron chi connectivity index (χ2n) is 7.80. The lowest BCUT2D eigenvalue weighted by molar-refractivity contribution is 0.0734. The molecule has 10 heteroatoms. The molecular weight excluding hydrogens is 463 g/mol. The van der Waals surface area contributed by atoms with Crippen LogP contribution in [0.2, 0.25) is 0 Å². The number of sulfonamides is 1. The van der Waals surface area contributed by atoms with Crippen molar-refractivity contribution in [3.63, 3.8) is 0 Å². The standard InChI is InChI=1S/C24H21FN2O6S/c25-18-4-6-19(7-5-18)26-10-12-27(13-11-26)34(29,30)21-3-1-2-17(14-21)24(28)33-20-8-9-22-23(15-20)32-16-31-22/h1-9,14-15H,10-13,16H2. The Bertz CT molecular complexity index is 1320. The van der Waals surface area contributed by atoms with Crippen molar-refractivity contribution in [2.75, 3.05) is 37.9 Å². The Kier molecular flexibility index (Phi) is 5.84. The van der Waals surface area contributed by atoms with Crippen LogP contribution in [0.25, 0.3) is 0 Å². The minimum atomic E-state index is -3.81. The van der Waals surface area contributed by atoms with Crippen LogP contribution < -0.4 is 19.1 Å². The second-order valence-corrected chi connectivity index (χ2v) is 9.74. The summed E-state index contributed by atoms with van der Waals surface area (Å²) in [7, 11) is -3.81. The Morgan fingerprint density at radius 2 is 1.62 bits per heavy atom. The van der Waals surface area contributed by atoms with Gasteiger partial charge in [0, 0.05) is 37.9 Å². The van der Waals surface area contributed by atoms with Gasteiger partial charge in [-0.3, -0.25) is 0 Å². The number of fused-ring (bicyclic) bond motifs is 1. The Morgan fingerprint density at radius 1 is 0.882 bits per heavy atom. The highest BCUT2D eigenvalue weighted by molar-refractivity contribution is 7.89. The predicted molar refractivity (Wildman–Crippen MR) is 121 cm³/mol. The van der Waals surface area contributed by atoms with Crippen molar-refractivity contribution in [1.82, 2.24) is 4.31 Å². The van der Waals surface area contributed by atoms with Gasteiger partial charge in [0.1, 0.15) is 11.6 Å². The number of hydrogen-bond donors (Lipinski definition) is 0. The van der Waals surface area contributed by atoms with Gasteiger partial charge >= 0.3 is 5.97 Å². The normalized spacial score (nSPS) is 15.9. The maximum Gasteiger partial charge on any atom is 0.343 e. The van der Waals surface area contributed by atoms with Gasteiger partial charge in [-0.05, 0) is 54.6 Å². The van der Waals surface area contributed by atoms with Gasteiger partial charge in [-0.15, -0.1) is 0 Å². The number of anilines is 1. The van der Waals surface area contributed by atoms with Crippen LogP contribution in [0.1, 0.15) is 10.4 Å². The van der Waals surface area contributed by atoms with Crippen molar-refractivity contribution in [3.8, 4) is 17.2 Å². The number of benzene rings is 3. The van der Waals surface area contributed by atoms with Gasteiger partial charge in [0.15, 0.2) is 11.5 Å². The molecule has 0 aromatic heterocycles. The van der Waals surface area contributed by atoms with E-state index in [4.69, 9.17) is 14.2 Å². The monoisotopic (exact) mass is 484 g/mol. The van der Waals surface area contributed by atoms with E-state index in [9.17, 15) is 17.6 Å². The fraction of sp³-hybridized carbons (Fsp3) is 0.208. The van der Waals surface area contributed by atoms with Gasteiger partial charge < -0.3 is 19.1 Å². The molecule has 5 rings (SSSR count). The topological polar surface area (TPSA) is 85.4 Å². The summed E-state index contributed by atoms with van der Waals surface area (Å²) in [5.74, 6) is 0.298. The summed E-state index contributed by atoms with van der Waals surface area (Å²) < 4.78 is 56.9. The van der Waals surface area contributed by atoms with Gasteiger partial charge in [-0.1, -0.05) is 6.07 Å². The molecule has 176 valence electrons. The first-order valence-electron chi connectivity index (χ1n) is 10.6. The molecule has 1 saturated heterocycles. The first-order chi connectivity index (χ1) is 16.4. The van der Waals surface area contributed by atoms with Crippen LogP contribution >= 0.6 is 0 Å². The summed E-state index contributed by atoms with van der Waals surface area (Å²) in [6.45, 7) is 1.58. The largest absolute Gasteiger partial charge is 0.454 e. The molecule has 8 nitrogen and oxygen atoms in total. The number of carbonyl (C=O) groups excluding carboxylic acids is 1. The van der Waals surface area contributed by atoms with E-state index >= 15 is 0 Å². The van der Waals surface area contributed by atoms with Gasteiger partial charge in [0.25, 0.3) is 0 Å². The van der Waals surface area contributed by atoms with Crippen molar-refractivity contribution in [1.29, 1.82) is 0 Å². The number of nitrogens with zero attached hydrogens (tertiary/aromatic N) is 2. The SMILES string of the molecule is O=C(Oc1ccc2c(c1)OCO2)c1cccc(S(=O)(=O)N2CCN(c3ccc(F)cc3)CC2)c1. The first kappa shape index (κ1) is 22.2. The van der Waals surface area contributed by atoms with Gasteiger partial charge in [0.2, 0.25) is 16.8 Å². The van der Waals surface area contributed by atoms with Gasteiger partial charge in [-0.2, -0.15) is 4.31 Å². The van der Waals surface area contributed by atoms with E-state index in [1.165, 1.54) is 40.7 Å². The van der Waals surface area contributed by atoms with E-state index in [2.05, 4.69) is 0 Å². The van der Waals surface area contributed by atoms with Crippen molar-refractivity contribution >= 4 is 21.7 Å². The molecule has 0 atom stereocenters. The summed E-state index contributed by atoms with van der Waals surface area (Å²) in [4.78, 5) is 14.7. The zero-order valence-electron chi connectivity index (χ0n) is 18.0. The number of esters is 1. The second kappa shape index (κ2) is 8.96. The Labute approximate surface area is 196 Å². The molecule has 1 fully saturated rings. The van der Waals surface area contributed by atoms with Crippen LogP contribution in [0.5, 0.6) is 17.2 Å². The van der Waals surface area contributed by atoms with E-state index in [0.29, 0.717) is 24.6 Å². The summed E-state index contributed by atoms with van der Waals surface area (Å²) in [6.07, 6.45) is 0. The van der Waals surface area contributed by atoms with Crippen LogP contribution in [0.15, 0.2) is 71.6 Å². The third-order valence-electron chi connectivity index (χ3n) is 5.69. The Morgan fingerprint density at radius 3 is 2.38 bits per heavy atom. The first-order valence-corrected chi connectivity index (χ1v) is 12.1. The number of rotatable bonds is 5. The smallest absolute Gasteiger partial charge is 0.343 e. The van der Waals surface area contributed by atoms with Gasteiger partial charge in [0.05, 0.1) is 10.5 Å². The quantitative estimate of drug-likeness (QED) is 0.406. The molecule has 0 N–H and O–H groups in total. The number of halogens is 1. The molecule has 0 radical (unpaired) electrons. The van der Waals surface area contributed by atoms with E-state index in [0.717, 1.165) is 5.69 Å². The van der Waals surface area contributed by atoms with Crippen LogP contribution in [0.4, 0.5) is 10.1 Å². The van der Waals surface area contributed by atoms with Crippen LogP contribution in [-0.4, -0.2) is 51.7 Å². The molecule has 0 amide bonds. The molecule has 0 bridgehead atoms. The maximum absolute atomic E-state index is 13.2. The number of carbonyl (C=O) groups is 1. The lowest BCUT2D eigenvalue weighted by atomic mass is 10.2. The lowest BCUT2D eigenvalue weighted by Gasteiger charge is -2.35. The average molecular weight is 485 g/mol. The Balaban J connectivity index is 1.27. The Hall–Kier alpha value is -3.63. The highest BCUT2D eigenvalue weighted by Crippen LogP contribution is 2.35. The van der Waals surface area contributed by atoms with Crippen molar-refractivity contribution in [2.24, 2.45) is 0 Å². The van der Waals surface area contributed by atoms with E-state index in [1.807, 2.05) is 4.90 Å². The molecule has 3 aromatic carbocycles. The molecule has 34 heavy (non-hydrogen) atoms. The summed E-state index contributed by atoms with van der Waals surface area (Å²) in [5, 5.41) is 0. The minimum Gasteiger partial charge on any atom is -0.454 e. The van der Waals surface area contributed by atoms with Gasteiger partial charge in [-0.25, -0.2) is 17.6 Å². The van der Waals surface area contributed by atoms with E-state index in [-0.39, 0.29) is 41.9 Å². The lowest BCUT2D eigenvalue weighted by Crippen LogP contribution is -2.48. The van der Waals surface area contributed by atoms with Crippen molar-refractivity contribution in [2.45, 2.75) is 4.90 Å².